The van der Waals surface area contributed by atoms with Gasteiger partial charge in [0.05, 0.1) is 6.54 Å². The SMILES string of the molecule is CC(C)(C)NC(=O)c1ccc(C(=O)NCc2cc(Br)cs2)cc1. The monoisotopic (exact) mass is 394 g/mol. The van der Waals surface area contributed by atoms with Gasteiger partial charge in [-0.1, -0.05) is 0 Å². The molecule has 0 aliphatic rings. The fraction of sp³-hybridized carbons (Fsp3) is 0.294. The van der Waals surface area contributed by atoms with Gasteiger partial charge in [-0.2, -0.15) is 0 Å². The van der Waals surface area contributed by atoms with Gasteiger partial charge in [0.2, 0.25) is 0 Å². The van der Waals surface area contributed by atoms with Crippen LogP contribution in [0.2, 0.25) is 0 Å². The first kappa shape index (κ1) is 17.7. The van der Waals surface area contributed by atoms with Gasteiger partial charge in [0.15, 0.2) is 0 Å². The summed E-state index contributed by atoms with van der Waals surface area (Å²) in [4.78, 5) is 25.2. The first-order valence-corrected chi connectivity index (χ1v) is 8.85. The third-order valence-corrected chi connectivity index (χ3v) is 4.64. The predicted molar refractivity (Wildman–Crippen MR) is 96.9 cm³/mol. The topological polar surface area (TPSA) is 58.2 Å². The largest absolute Gasteiger partial charge is 0.347 e. The smallest absolute Gasteiger partial charge is 0.251 e. The minimum Gasteiger partial charge on any atom is -0.347 e. The van der Waals surface area contributed by atoms with Crippen molar-refractivity contribution in [3.8, 4) is 0 Å². The molecule has 0 bridgehead atoms. The van der Waals surface area contributed by atoms with Crippen LogP contribution in [-0.4, -0.2) is 17.4 Å². The molecule has 0 aliphatic carbocycles. The van der Waals surface area contributed by atoms with Crippen LogP contribution in [0.15, 0.2) is 40.2 Å². The Balaban J connectivity index is 1.96. The molecule has 2 N–H and O–H groups in total. The normalized spacial score (nSPS) is 11.1. The molecular formula is C17H19BrN2O2S. The molecule has 0 fully saturated rings. The molecule has 6 heteroatoms. The van der Waals surface area contributed by atoms with Crippen molar-refractivity contribution in [2.24, 2.45) is 0 Å². The van der Waals surface area contributed by atoms with Gasteiger partial charge < -0.3 is 10.6 Å². The van der Waals surface area contributed by atoms with Gasteiger partial charge in [0.1, 0.15) is 0 Å². The molecule has 0 spiro atoms. The standard InChI is InChI=1S/C17H19BrN2O2S/c1-17(2,3)20-16(22)12-6-4-11(5-7-12)15(21)19-9-14-8-13(18)10-23-14/h4-8,10H,9H2,1-3H3,(H,19,21)(H,20,22). The number of nitrogens with one attached hydrogen (secondary N) is 2. The van der Waals surface area contributed by atoms with E-state index in [2.05, 4.69) is 26.6 Å². The van der Waals surface area contributed by atoms with Crippen LogP contribution in [0.1, 0.15) is 46.4 Å². The lowest BCUT2D eigenvalue weighted by atomic mass is 10.1. The zero-order valence-electron chi connectivity index (χ0n) is 13.3. The molecular weight excluding hydrogens is 376 g/mol. The van der Waals surface area contributed by atoms with Crippen molar-refractivity contribution in [1.82, 2.24) is 10.6 Å². The van der Waals surface area contributed by atoms with Crippen molar-refractivity contribution in [2.45, 2.75) is 32.9 Å². The average Bonchev–Trinajstić information content (AvgIpc) is 2.89. The van der Waals surface area contributed by atoms with E-state index >= 15 is 0 Å². The zero-order chi connectivity index (χ0) is 17.0. The van der Waals surface area contributed by atoms with Gasteiger partial charge in [-0.15, -0.1) is 11.3 Å². The molecule has 122 valence electrons. The molecule has 2 aromatic rings. The summed E-state index contributed by atoms with van der Waals surface area (Å²) in [6.07, 6.45) is 0. The van der Waals surface area contributed by atoms with Crippen molar-refractivity contribution in [1.29, 1.82) is 0 Å². The van der Waals surface area contributed by atoms with Gasteiger partial charge in [-0.05, 0) is 67.0 Å². The summed E-state index contributed by atoms with van der Waals surface area (Å²) in [6, 6.07) is 8.63. The third kappa shape index (κ3) is 5.48. The van der Waals surface area contributed by atoms with E-state index in [0.29, 0.717) is 17.7 Å². The average molecular weight is 395 g/mol. The van der Waals surface area contributed by atoms with Crippen LogP contribution in [0.25, 0.3) is 0 Å². The Morgan fingerprint density at radius 1 is 1.09 bits per heavy atom. The Kier molecular flexibility index (Phi) is 5.59. The summed E-state index contributed by atoms with van der Waals surface area (Å²) >= 11 is 4.97. The van der Waals surface area contributed by atoms with E-state index in [1.807, 2.05) is 32.2 Å². The van der Waals surface area contributed by atoms with Crippen LogP contribution < -0.4 is 10.6 Å². The Labute approximate surface area is 148 Å². The number of amides is 2. The fourth-order valence-corrected chi connectivity index (χ4v) is 3.29. The molecule has 4 nitrogen and oxygen atoms in total. The van der Waals surface area contributed by atoms with E-state index in [1.54, 1.807) is 35.6 Å². The second-order valence-electron chi connectivity index (χ2n) is 6.20. The van der Waals surface area contributed by atoms with Crippen molar-refractivity contribution < 1.29 is 9.59 Å². The second-order valence-corrected chi connectivity index (χ2v) is 8.11. The first-order valence-electron chi connectivity index (χ1n) is 7.18. The minimum absolute atomic E-state index is 0.145. The lowest BCUT2D eigenvalue weighted by Crippen LogP contribution is -2.40. The van der Waals surface area contributed by atoms with Crippen LogP contribution in [0.4, 0.5) is 0 Å². The lowest BCUT2D eigenvalue weighted by molar-refractivity contribution is 0.0915. The number of hydrogen-bond acceptors (Lipinski definition) is 3. The number of carbonyl (C=O) groups excluding carboxylic acids is 2. The second kappa shape index (κ2) is 7.27. The maximum absolute atomic E-state index is 12.1. The van der Waals surface area contributed by atoms with Crippen molar-refractivity contribution >= 4 is 39.1 Å². The maximum Gasteiger partial charge on any atom is 0.251 e. The van der Waals surface area contributed by atoms with E-state index in [1.165, 1.54) is 0 Å². The summed E-state index contributed by atoms with van der Waals surface area (Å²) in [5, 5.41) is 7.73. The van der Waals surface area contributed by atoms with E-state index in [0.717, 1.165) is 9.35 Å². The summed E-state index contributed by atoms with van der Waals surface area (Å²) in [6.45, 7) is 6.27. The predicted octanol–water partition coefficient (Wildman–Crippen LogP) is 3.97. The van der Waals surface area contributed by atoms with Gasteiger partial charge in [0.25, 0.3) is 11.8 Å². The van der Waals surface area contributed by atoms with E-state index < -0.39 is 0 Å². The van der Waals surface area contributed by atoms with Crippen LogP contribution in [0, 0.1) is 0 Å². The molecule has 23 heavy (non-hydrogen) atoms. The molecule has 1 aromatic carbocycles. The maximum atomic E-state index is 12.1. The van der Waals surface area contributed by atoms with Crippen molar-refractivity contribution in [2.75, 3.05) is 0 Å². The van der Waals surface area contributed by atoms with Crippen LogP contribution in [-0.2, 0) is 6.54 Å². The number of hydrogen-bond donors (Lipinski definition) is 2. The van der Waals surface area contributed by atoms with Crippen LogP contribution in [0.3, 0.4) is 0 Å². The number of carbonyl (C=O) groups is 2. The summed E-state index contributed by atoms with van der Waals surface area (Å²) in [7, 11) is 0. The highest BCUT2D eigenvalue weighted by molar-refractivity contribution is 9.10. The van der Waals surface area contributed by atoms with Gasteiger partial charge in [-0.3, -0.25) is 9.59 Å². The highest BCUT2D eigenvalue weighted by Gasteiger charge is 2.15. The number of benzene rings is 1. The molecule has 0 radical (unpaired) electrons. The van der Waals surface area contributed by atoms with Gasteiger partial charge in [0, 0.05) is 31.4 Å². The Morgan fingerprint density at radius 3 is 2.13 bits per heavy atom. The summed E-state index contributed by atoms with van der Waals surface area (Å²) in [5.74, 6) is -0.301. The van der Waals surface area contributed by atoms with Crippen LogP contribution in [0.5, 0.6) is 0 Å². The minimum atomic E-state index is -0.290. The third-order valence-electron chi connectivity index (χ3n) is 2.94. The number of thiophene rings is 1. The molecule has 0 saturated carbocycles. The lowest BCUT2D eigenvalue weighted by Gasteiger charge is -2.20. The highest BCUT2D eigenvalue weighted by atomic mass is 79.9. The van der Waals surface area contributed by atoms with Gasteiger partial charge in [-0.25, -0.2) is 0 Å². The fourth-order valence-electron chi connectivity index (χ4n) is 1.90. The Morgan fingerprint density at radius 2 is 1.65 bits per heavy atom. The zero-order valence-corrected chi connectivity index (χ0v) is 15.7. The number of rotatable bonds is 4. The molecule has 2 amide bonds. The van der Waals surface area contributed by atoms with Crippen molar-refractivity contribution in [3.63, 3.8) is 0 Å². The Hall–Kier alpha value is -1.66. The molecule has 1 heterocycles. The highest BCUT2D eigenvalue weighted by Crippen LogP contribution is 2.19. The molecule has 0 atom stereocenters. The number of halogens is 1. The Bertz CT molecular complexity index is 702. The quantitative estimate of drug-likeness (QED) is 0.823. The molecule has 1 aromatic heterocycles. The first-order chi connectivity index (χ1) is 10.7. The molecule has 0 aliphatic heterocycles. The summed E-state index contributed by atoms with van der Waals surface area (Å²) in [5.41, 5.74) is 0.786. The van der Waals surface area contributed by atoms with Gasteiger partial charge >= 0.3 is 0 Å². The van der Waals surface area contributed by atoms with Crippen LogP contribution >= 0.6 is 27.3 Å². The van der Waals surface area contributed by atoms with Crippen molar-refractivity contribution in [3.05, 3.63) is 56.2 Å². The molecule has 0 unspecified atom stereocenters. The van der Waals surface area contributed by atoms with E-state index in [-0.39, 0.29) is 17.4 Å². The van der Waals surface area contributed by atoms with E-state index in [9.17, 15) is 9.59 Å². The summed E-state index contributed by atoms with van der Waals surface area (Å²) < 4.78 is 1.01. The molecule has 0 saturated heterocycles. The molecule has 2 rings (SSSR count). The van der Waals surface area contributed by atoms with E-state index in [4.69, 9.17) is 0 Å².